The number of amides is 1. The SMILES string of the molecule is CN(CC(=O)NC(C)(C)C)Cc1ccc(OC(F)F)cc1. The molecule has 1 aromatic carbocycles. The highest BCUT2D eigenvalue weighted by molar-refractivity contribution is 5.78. The predicted molar refractivity (Wildman–Crippen MR) is 77.3 cm³/mol. The molecule has 4 nitrogen and oxygen atoms in total. The Kier molecular flexibility index (Phi) is 6.08. The number of alkyl halides is 2. The number of carbonyl (C=O) groups is 1. The second kappa shape index (κ2) is 7.36. The molecule has 0 aliphatic carbocycles. The molecule has 0 spiro atoms. The minimum atomic E-state index is -2.82. The van der Waals surface area contributed by atoms with Crippen LogP contribution in [0.2, 0.25) is 0 Å². The number of ether oxygens (including phenoxy) is 1. The minimum absolute atomic E-state index is 0.0531. The molecule has 21 heavy (non-hydrogen) atoms. The van der Waals surface area contributed by atoms with Crippen LogP contribution in [0.4, 0.5) is 8.78 Å². The quantitative estimate of drug-likeness (QED) is 0.878. The molecule has 1 N–H and O–H groups in total. The summed E-state index contributed by atoms with van der Waals surface area (Å²) in [4.78, 5) is 13.6. The van der Waals surface area contributed by atoms with Crippen LogP contribution in [0, 0.1) is 0 Å². The Bertz CT molecular complexity index is 456. The number of likely N-dealkylation sites (N-methyl/N-ethyl adjacent to an activating group) is 1. The van der Waals surface area contributed by atoms with Crippen molar-refractivity contribution in [3.8, 4) is 5.75 Å². The molecule has 0 saturated carbocycles. The summed E-state index contributed by atoms with van der Waals surface area (Å²) in [7, 11) is 1.83. The molecular formula is C15H22F2N2O2. The summed E-state index contributed by atoms with van der Waals surface area (Å²) >= 11 is 0. The van der Waals surface area contributed by atoms with Crippen molar-refractivity contribution in [2.45, 2.75) is 39.5 Å². The summed E-state index contributed by atoms with van der Waals surface area (Å²) in [5.41, 5.74) is 0.661. The Hall–Kier alpha value is -1.69. The molecule has 0 atom stereocenters. The van der Waals surface area contributed by atoms with Crippen molar-refractivity contribution in [2.75, 3.05) is 13.6 Å². The van der Waals surface area contributed by atoms with Gasteiger partial charge < -0.3 is 10.1 Å². The number of nitrogens with one attached hydrogen (secondary N) is 1. The Morgan fingerprint density at radius 1 is 1.29 bits per heavy atom. The molecule has 0 fully saturated rings. The van der Waals surface area contributed by atoms with Crippen molar-refractivity contribution >= 4 is 5.91 Å². The molecule has 0 unspecified atom stereocenters. The summed E-state index contributed by atoms with van der Waals surface area (Å²) in [6, 6.07) is 6.39. The zero-order valence-electron chi connectivity index (χ0n) is 12.8. The molecule has 118 valence electrons. The lowest BCUT2D eigenvalue weighted by Gasteiger charge is -2.23. The van der Waals surface area contributed by atoms with E-state index in [0.717, 1.165) is 5.56 Å². The van der Waals surface area contributed by atoms with Crippen LogP contribution in [0.3, 0.4) is 0 Å². The first-order valence-corrected chi connectivity index (χ1v) is 6.69. The van der Waals surface area contributed by atoms with Crippen LogP contribution in [0.1, 0.15) is 26.3 Å². The molecule has 0 heterocycles. The lowest BCUT2D eigenvalue weighted by molar-refractivity contribution is -0.123. The summed E-state index contributed by atoms with van der Waals surface area (Å²) in [5.74, 6) is 0.0736. The van der Waals surface area contributed by atoms with Crippen LogP contribution in [-0.4, -0.2) is 36.5 Å². The lowest BCUT2D eigenvalue weighted by Crippen LogP contribution is -2.45. The van der Waals surface area contributed by atoms with Crippen molar-refractivity contribution < 1.29 is 18.3 Å². The fraction of sp³-hybridized carbons (Fsp3) is 0.533. The first-order valence-electron chi connectivity index (χ1n) is 6.69. The summed E-state index contributed by atoms with van der Waals surface area (Å²) in [6.07, 6.45) is 0. The third-order valence-corrected chi connectivity index (χ3v) is 2.53. The van der Waals surface area contributed by atoms with Crippen molar-refractivity contribution in [3.63, 3.8) is 0 Å². The number of halogens is 2. The first-order chi connectivity index (χ1) is 9.65. The highest BCUT2D eigenvalue weighted by atomic mass is 19.3. The highest BCUT2D eigenvalue weighted by Gasteiger charge is 2.15. The third kappa shape index (κ3) is 7.60. The number of hydrogen-bond donors (Lipinski definition) is 1. The van der Waals surface area contributed by atoms with Gasteiger partial charge in [-0.05, 0) is 45.5 Å². The largest absolute Gasteiger partial charge is 0.435 e. The molecule has 0 saturated heterocycles. The van der Waals surface area contributed by atoms with Crippen LogP contribution < -0.4 is 10.1 Å². The van der Waals surface area contributed by atoms with Crippen molar-refractivity contribution in [3.05, 3.63) is 29.8 Å². The average Bonchev–Trinajstić information content (AvgIpc) is 2.28. The fourth-order valence-electron chi connectivity index (χ4n) is 1.85. The van der Waals surface area contributed by atoms with E-state index in [1.54, 1.807) is 12.1 Å². The van der Waals surface area contributed by atoms with Gasteiger partial charge in [0.15, 0.2) is 0 Å². The van der Waals surface area contributed by atoms with Crippen LogP contribution in [-0.2, 0) is 11.3 Å². The summed E-state index contributed by atoms with van der Waals surface area (Å²) in [5, 5.41) is 2.88. The van der Waals surface area contributed by atoms with E-state index < -0.39 is 6.61 Å². The Balaban J connectivity index is 2.47. The van der Waals surface area contributed by atoms with Crippen molar-refractivity contribution in [1.29, 1.82) is 0 Å². The molecule has 0 aromatic heterocycles. The summed E-state index contributed by atoms with van der Waals surface area (Å²) in [6.45, 7) is 3.77. The van der Waals surface area contributed by atoms with Gasteiger partial charge in [-0.1, -0.05) is 12.1 Å². The van der Waals surface area contributed by atoms with Gasteiger partial charge in [-0.15, -0.1) is 0 Å². The summed E-state index contributed by atoms with van der Waals surface area (Å²) < 4.78 is 28.4. The molecule has 1 rings (SSSR count). The zero-order chi connectivity index (χ0) is 16.0. The maximum Gasteiger partial charge on any atom is 0.387 e. The van der Waals surface area contributed by atoms with Crippen molar-refractivity contribution in [2.24, 2.45) is 0 Å². The highest BCUT2D eigenvalue weighted by Crippen LogP contribution is 2.15. The fourth-order valence-corrected chi connectivity index (χ4v) is 1.85. The van der Waals surface area contributed by atoms with E-state index in [2.05, 4.69) is 10.1 Å². The average molecular weight is 300 g/mol. The predicted octanol–water partition coefficient (Wildman–Crippen LogP) is 2.63. The molecular weight excluding hydrogens is 278 g/mol. The van der Waals surface area contributed by atoms with E-state index in [1.807, 2.05) is 32.7 Å². The molecule has 0 radical (unpaired) electrons. The monoisotopic (exact) mass is 300 g/mol. The van der Waals surface area contributed by atoms with Crippen LogP contribution in [0.15, 0.2) is 24.3 Å². The zero-order valence-corrected chi connectivity index (χ0v) is 12.8. The number of carbonyl (C=O) groups excluding carboxylic acids is 1. The van der Waals surface area contributed by atoms with E-state index in [9.17, 15) is 13.6 Å². The molecule has 0 bridgehead atoms. The smallest absolute Gasteiger partial charge is 0.387 e. The van der Waals surface area contributed by atoms with Gasteiger partial charge in [-0.2, -0.15) is 8.78 Å². The van der Waals surface area contributed by atoms with Crippen molar-refractivity contribution in [1.82, 2.24) is 10.2 Å². The Labute approximate surface area is 124 Å². The Morgan fingerprint density at radius 2 is 1.86 bits per heavy atom. The number of benzene rings is 1. The van der Waals surface area contributed by atoms with E-state index in [0.29, 0.717) is 6.54 Å². The van der Waals surface area contributed by atoms with Gasteiger partial charge in [-0.3, -0.25) is 9.69 Å². The van der Waals surface area contributed by atoms with Gasteiger partial charge >= 0.3 is 6.61 Å². The third-order valence-electron chi connectivity index (χ3n) is 2.53. The number of nitrogens with zero attached hydrogens (tertiary/aromatic N) is 1. The maximum absolute atomic E-state index is 12.0. The van der Waals surface area contributed by atoms with Gasteiger partial charge in [0.05, 0.1) is 6.54 Å². The molecule has 0 aliphatic rings. The standard InChI is InChI=1S/C15H22F2N2O2/c1-15(2,3)18-13(20)10-19(4)9-11-5-7-12(8-6-11)21-14(16)17/h5-8,14H,9-10H2,1-4H3,(H,18,20). The van der Waals surface area contributed by atoms with Gasteiger partial charge in [0.2, 0.25) is 5.91 Å². The van der Waals surface area contributed by atoms with E-state index in [-0.39, 0.29) is 23.7 Å². The van der Waals surface area contributed by atoms with Gasteiger partial charge in [0, 0.05) is 12.1 Å². The maximum atomic E-state index is 12.0. The van der Waals surface area contributed by atoms with Crippen LogP contribution >= 0.6 is 0 Å². The number of rotatable bonds is 6. The van der Waals surface area contributed by atoms with E-state index in [1.165, 1.54) is 12.1 Å². The first kappa shape index (κ1) is 17.4. The lowest BCUT2D eigenvalue weighted by atomic mass is 10.1. The van der Waals surface area contributed by atoms with E-state index >= 15 is 0 Å². The van der Waals surface area contributed by atoms with Crippen LogP contribution in [0.5, 0.6) is 5.75 Å². The molecule has 6 heteroatoms. The van der Waals surface area contributed by atoms with E-state index in [4.69, 9.17) is 0 Å². The number of hydrogen-bond acceptors (Lipinski definition) is 3. The van der Waals surface area contributed by atoms with Gasteiger partial charge in [0.25, 0.3) is 0 Å². The van der Waals surface area contributed by atoms with Gasteiger partial charge in [-0.25, -0.2) is 0 Å². The Morgan fingerprint density at radius 3 is 2.33 bits per heavy atom. The topological polar surface area (TPSA) is 41.6 Å². The molecule has 0 aliphatic heterocycles. The van der Waals surface area contributed by atoms with Gasteiger partial charge in [0.1, 0.15) is 5.75 Å². The van der Waals surface area contributed by atoms with Crippen LogP contribution in [0.25, 0.3) is 0 Å². The minimum Gasteiger partial charge on any atom is -0.435 e. The molecule has 1 aromatic rings. The molecule has 1 amide bonds. The normalized spacial score (nSPS) is 11.8. The second-order valence-electron chi connectivity index (χ2n) is 5.99. The second-order valence-corrected chi connectivity index (χ2v) is 5.99.